The lowest BCUT2D eigenvalue weighted by atomic mass is 10.6. The summed E-state index contributed by atoms with van der Waals surface area (Å²) >= 11 is 0. The van der Waals surface area contributed by atoms with Crippen molar-refractivity contribution < 1.29 is 13.3 Å². The Morgan fingerprint density at radius 2 is 2.17 bits per heavy atom. The van der Waals surface area contributed by atoms with Gasteiger partial charge in [0, 0.05) is 12.3 Å². The van der Waals surface area contributed by atoms with E-state index in [4.69, 9.17) is 0 Å². The Labute approximate surface area is 67.7 Å². The average molecular weight is 191 g/mol. The van der Waals surface area contributed by atoms with E-state index in [1.54, 1.807) is 0 Å². The van der Waals surface area contributed by atoms with Gasteiger partial charge in [-0.1, -0.05) is 0 Å². The van der Waals surface area contributed by atoms with Gasteiger partial charge in [0.1, 0.15) is 0 Å². The van der Waals surface area contributed by atoms with E-state index in [0.29, 0.717) is 3.97 Å². The van der Waals surface area contributed by atoms with Crippen molar-refractivity contribution in [3.05, 3.63) is 28.6 Å². The standard InChI is InChI=1S/C4H5N3O4S/c5-12(10,11)6-2-1-4(3-6)7(8)9/h1-3H,(H2,5,10,11). The summed E-state index contributed by atoms with van der Waals surface area (Å²) in [6.45, 7) is 0. The zero-order valence-electron chi connectivity index (χ0n) is 5.75. The first kappa shape index (κ1) is 8.68. The molecule has 0 aliphatic carbocycles. The first-order valence-corrected chi connectivity index (χ1v) is 4.27. The largest absolute Gasteiger partial charge is 0.302 e. The van der Waals surface area contributed by atoms with Gasteiger partial charge in [0.15, 0.2) is 0 Å². The number of nitrogens with zero attached hydrogens (tertiary/aromatic N) is 2. The quantitative estimate of drug-likeness (QED) is 0.499. The smallest absolute Gasteiger partial charge is 0.258 e. The summed E-state index contributed by atoms with van der Waals surface area (Å²) in [5.74, 6) is 0. The van der Waals surface area contributed by atoms with Crippen molar-refractivity contribution in [1.29, 1.82) is 0 Å². The Morgan fingerprint density at radius 1 is 1.58 bits per heavy atom. The molecule has 0 aliphatic heterocycles. The van der Waals surface area contributed by atoms with E-state index in [1.807, 2.05) is 0 Å². The molecule has 0 atom stereocenters. The van der Waals surface area contributed by atoms with E-state index in [-0.39, 0.29) is 5.69 Å². The van der Waals surface area contributed by atoms with Crippen molar-refractivity contribution >= 4 is 15.9 Å². The van der Waals surface area contributed by atoms with Crippen LogP contribution in [0, 0.1) is 10.1 Å². The fraction of sp³-hybridized carbons (Fsp3) is 0. The van der Waals surface area contributed by atoms with Gasteiger partial charge in [0.2, 0.25) is 0 Å². The van der Waals surface area contributed by atoms with E-state index in [9.17, 15) is 18.5 Å². The SMILES string of the molecule is NS(=O)(=O)n1ccc([N+](=O)[O-])c1. The summed E-state index contributed by atoms with van der Waals surface area (Å²) < 4.78 is 21.7. The minimum atomic E-state index is -3.90. The van der Waals surface area contributed by atoms with E-state index in [2.05, 4.69) is 5.14 Å². The molecule has 0 aromatic carbocycles. The highest BCUT2D eigenvalue weighted by molar-refractivity contribution is 7.87. The Bertz CT molecular complexity index is 406. The number of nitro groups is 1. The zero-order chi connectivity index (χ0) is 9.35. The third kappa shape index (κ3) is 1.60. The van der Waals surface area contributed by atoms with Crippen LogP contribution in [-0.4, -0.2) is 17.3 Å². The molecule has 0 radical (unpaired) electrons. The highest BCUT2D eigenvalue weighted by atomic mass is 32.2. The van der Waals surface area contributed by atoms with Crippen LogP contribution in [0.15, 0.2) is 18.5 Å². The van der Waals surface area contributed by atoms with Crippen LogP contribution in [0.3, 0.4) is 0 Å². The van der Waals surface area contributed by atoms with Gasteiger partial charge in [-0.3, -0.25) is 10.1 Å². The van der Waals surface area contributed by atoms with E-state index >= 15 is 0 Å². The molecular weight excluding hydrogens is 186 g/mol. The number of aromatic nitrogens is 1. The van der Waals surface area contributed by atoms with Gasteiger partial charge < -0.3 is 0 Å². The molecule has 1 aromatic heterocycles. The summed E-state index contributed by atoms with van der Waals surface area (Å²) in [7, 11) is -3.90. The predicted octanol–water partition coefficient (Wildman–Crippen LogP) is -0.552. The average Bonchev–Trinajstić information content (AvgIpc) is 2.30. The second-order valence-electron chi connectivity index (χ2n) is 2.00. The molecule has 8 heteroatoms. The molecule has 0 aliphatic rings. The summed E-state index contributed by atoms with van der Waals surface area (Å²) in [5.41, 5.74) is -0.316. The van der Waals surface area contributed by atoms with Crippen LogP contribution in [0.5, 0.6) is 0 Å². The maximum Gasteiger partial charge on any atom is 0.302 e. The fourth-order valence-corrected chi connectivity index (χ4v) is 1.12. The summed E-state index contributed by atoms with van der Waals surface area (Å²) in [5, 5.41) is 14.8. The Morgan fingerprint density at radius 3 is 2.42 bits per heavy atom. The van der Waals surface area contributed by atoms with Gasteiger partial charge in [-0.15, -0.1) is 0 Å². The monoisotopic (exact) mass is 191 g/mol. The van der Waals surface area contributed by atoms with Crippen LogP contribution >= 0.6 is 0 Å². The topological polar surface area (TPSA) is 108 Å². The lowest BCUT2D eigenvalue weighted by Gasteiger charge is -1.93. The summed E-state index contributed by atoms with van der Waals surface area (Å²) in [6.07, 6.45) is 1.84. The molecule has 7 nitrogen and oxygen atoms in total. The van der Waals surface area contributed by atoms with E-state index in [1.165, 1.54) is 0 Å². The second-order valence-corrected chi connectivity index (χ2v) is 3.45. The lowest BCUT2D eigenvalue weighted by Crippen LogP contribution is -2.19. The van der Waals surface area contributed by atoms with Gasteiger partial charge in [0.25, 0.3) is 5.69 Å². The Hall–Kier alpha value is -1.41. The number of hydrogen-bond donors (Lipinski definition) is 1. The van der Waals surface area contributed by atoms with Gasteiger partial charge >= 0.3 is 10.2 Å². The van der Waals surface area contributed by atoms with Crippen LogP contribution < -0.4 is 5.14 Å². The fourth-order valence-electron chi connectivity index (χ4n) is 0.633. The summed E-state index contributed by atoms with van der Waals surface area (Å²) in [6, 6.07) is 1.05. The molecule has 12 heavy (non-hydrogen) atoms. The molecule has 0 bridgehead atoms. The van der Waals surface area contributed by atoms with Crippen molar-refractivity contribution in [2.45, 2.75) is 0 Å². The molecule has 0 saturated carbocycles. The Balaban J connectivity index is 3.17. The molecule has 2 N–H and O–H groups in total. The van der Waals surface area contributed by atoms with Gasteiger partial charge in [-0.25, -0.2) is 9.11 Å². The molecule has 0 fully saturated rings. The molecule has 1 aromatic rings. The molecule has 1 rings (SSSR count). The van der Waals surface area contributed by atoms with Crippen LogP contribution in [0.1, 0.15) is 0 Å². The van der Waals surface area contributed by atoms with Crippen molar-refractivity contribution in [3.63, 3.8) is 0 Å². The second kappa shape index (κ2) is 2.57. The third-order valence-corrected chi connectivity index (χ3v) is 1.97. The minimum absolute atomic E-state index is 0.316. The van der Waals surface area contributed by atoms with Gasteiger partial charge in [0.05, 0.1) is 11.1 Å². The molecule has 0 saturated heterocycles. The lowest BCUT2D eigenvalue weighted by molar-refractivity contribution is -0.384. The molecule has 1 heterocycles. The minimum Gasteiger partial charge on any atom is -0.258 e. The van der Waals surface area contributed by atoms with Crippen molar-refractivity contribution in [1.82, 2.24) is 3.97 Å². The van der Waals surface area contributed by atoms with Crippen LogP contribution in [0.2, 0.25) is 0 Å². The maximum atomic E-state index is 10.6. The van der Waals surface area contributed by atoms with E-state index < -0.39 is 15.1 Å². The van der Waals surface area contributed by atoms with E-state index in [0.717, 1.165) is 18.5 Å². The third-order valence-electron chi connectivity index (χ3n) is 1.16. The molecule has 0 amide bonds. The highest BCUT2D eigenvalue weighted by Crippen LogP contribution is 2.10. The van der Waals surface area contributed by atoms with Crippen molar-refractivity contribution in [2.75, 3.05) is 0 Å². The van der Waals surface area contributed by atoms with Crippen LogP contribution in [0.4, 0.5) is 5.69 Å². The zero-order valence-corrected chi connectivity index (χ0v) is 6.56. The molecule has 0 spiro atoms. The molecule has 0 unspecified atom stereocenters. The number of rotatable bonds is 2. The normalized spacial score (nSPS) is 11.4. The van der Waals surface area contributed by atoms with Crippen molar-refractivity contribution in [2.24, 2.45) is 5.14 Å². The van der Waals surface area contributed by atoms with Crippen LogP contribution in [-0.2, 0) is 10.2 Å². The maximum absolute atomic E-state index is 10.6. The number of nitrogens with two attached hydrogens (primary N) is 1. The molecule has 66 valence electrons. The van der Waals surface area contributed by atoms with Crippen LogP contribution in [0.25, 0.3) is 0 Å². The summed E-state index contributed by atoms with van der Waals surface area (Å²) in [4.78, 5) is 9.39. The van der Waals surface area contributed by atoms with Gasteiger partial charge in [-0.05, 0) is 0 Å². The van der Waals surface area contributed by atoms with Gasteiger partial charge in [-0.2, -0.15) is 8.42 Å². The van der Waals surface area contributed by atoms with Crippen molar-refractivity contribution in [3.8, 4) is 0 Å². The highest BCUT2D eigenvalue weighted by Gasteiger charge is 2.12. The first-order valence-electron chi connectivity index (χ1n) is 2.77. The predicted molar refractivity (Wildman–Crippen MR) is 39.6 cm³/mol. The number of hydrogen-bond acceptors (Lipinski definition) is 4. The Kier molecular flexibility index (Phi) is 1.86. The molecular formula is C4H5N3O4S. The first-order chi connectivity index (χ1) is 5.41.